The van der Waals surface area contributed by atoms with E-state index in [4.69, 9.17) is 10.00 Å². The van der Waals surface area contributed by atoms with Crippen molar-refractivity contribution in [2.75, 3.05) is 13.1 Å². The third-order valence-electron chi connectivity index (χ3n) is 8.09. The number of likely N-dealkylation sites (tertiary alicyclic amines) is 1. The molecule has 3 heterocycles. The zero-order valence-electron chi connectivity index (χ0n) is 20.0. The predicted octanol–water partition coefficient (Wildman–Crippen LogP) is 2.72. The Bertz CT molecular complexity index is 1260. The second-order valence-electron chi connectivity index (χ2n) is 10.3. The highest BCUT2D eigenvalue weighted by Gasteiger charge is 2.42. The molecule has 3 atom stereocenters. The van der Waals surface area contributed by atoms with E-state index in [-0.39, 0.29) is 24.3 Å². The Morgan fingerprint density at radius 1 is 1.00 bits per heavy atom. The zero-order chi connectivity index (χ0) is 24.8. The first-order valence-electron chi connectivity index (χ1n) is 12.7. The SMILES string of the molecule is N#Cc1ccc(C2CN(C3CCCC3Oc3ccc4c(c3)CN(C3CCC(=O)NC3=O)C4=O)C2)cc1. The molecule has 8 heteroatoms. The fraction of sp³-hybridized carbons (Fsp3) is 0.429. The molecule has 2 aromatic carbocycles. The minimum atomic E-state index is -0.610. The van der Waals surface area contributed by atoms with Gasteiger partial charge in [0.2, 0.25) is 11.8 Å². The van der Waals surface area contributed by atoms with Crippen LogP contribution in [-0.4, -0.2) is 58.8 Å². The van der Waals surface area contributed by atoms with Gasteiger partial charge in [0.25, 0.3) is 5.91 Å². The lowest BCUT2D eigenvalue weighted by Gasteiger charge is -2.45. The number of imide groups is 1. The number of benzene rings is 2. The fourth-order valence-electron chi connectivity index (χ4n) is 6.08. The van der Waals surface area contributed by atoms with Crippen LogP contribution in [0.15, 0.2) is 42.5 Å². The number of carbonyl (C=O) groups is 3. The lowest BCUT2D eigenvalue weighted by Crippen LogP contribution is -2.54. The number of fused-ring (bicyclic) bond motifs is 1. The molecule has 1 aliphatic carbocycles. The molecular formula is C28H28N4O4. The highest BCUT2D eigenvalue weighted by Crippen LogP contribution is 2.37. The molecule has 1 saturated carbocycles. The van der Waals surface area contributed by atoms with Crippen molar-refractivity contribution < 1.29 is 19.1 Å². The molecule has 0 aromatic heterocycles. The number of hydrogen-bond donors (Lipinski definition) is 1. The summed E-state index contributed by atoms with van der Waals surface area (Å²) in [5.74, 6) is 0.398. The Balaban J connectivity index is 1.09. The Labute approximate surface area is 209 Å². The van der Waals surface area contributed by atoms with E-state index >= 15 is 0 Å². The molecule has 2 saturated heterocycles. The largest absolute Gasteiger partial charge is 0.489 e. The first-order chi connectivity index (χ1) is 17.5. The summed E-state index contributed by atoms with van der Waals surface area (Å²) in [7, 11) is 0. The van der Waals surface area contributed by atoms with Crippen LogP contribution in [0.2, 0.25) is 0 Å². The van der Waals surface area contributed by atoms with Crippen molar-refractivity contribution in [3.63, 3.8) is 0 Å². The fourth-order valence-corrected chi connectivity index (χ4v) is 6.08. The van der Waals surface area contributed by atoms with Gasteiger partial charge >= 0.3 is 0 Å². The highest BCUT2D eigenvalue weighted by molar-refractivity contribution is 6.05. The van der Waals surface area contributed by atoms with E-state index in [9.17, 15) is 14.4 Å². The van der Waals surface area contributed by atoms with Crippen LogP contribution in [-0.2, 0) is 16.1 Å². The number of nitrogens with zero attached hydrogens (tertiary/aromatic N) is 3. The molecule has 0 bridgehead atoms. The topological polar surface area (TPSA) is 103 Å². The van der Waals surface area contributed by atoms with Crippen LogP contribution in [0.4, 0.5) is 0 Å². The molecule has 3 unspecified atom stereocenters. The van der Waals surface area contributed by atoms with Gasteiger partial charge in [-0.05, 0) is 67.1 Å². The van der Waals surface area contributed by atoms with Gasteiger partial charge in [-0.3, -0.25) is 24.6 Å². The quantitative estimate of drug-likeness (QED) is 0.655. The van der Waals surface area contributed by atoms with Gasteiger partial charge in [-0.1, -0.05) is 12.1 Å². The minimum absolute atomic E-state index is 0.105. The lowest BCUT2D eigenvalue weighted by atomic mass is 9.89. The molecular weight excluding hydrogens is 456 g/mol. The number of hydrogen-bond acceptors (Lipinski definition) is 6. The van der Waals surface area contributed by atoms with Crippen molar-refractivity contribution in [3.8, 4) is 11.8 Å². The van der Waals surface area contributed by atoms with E-state index in [2.05, 4.69) is 28.4 Å². The van der Waals surface area contributed by atoms with Crippen LogP contribution in [0.1, 0.15) is 65.1 Å². The average molecular weight is 485 g/mol. The summed E-state index contributed by atoms with van der Waals surface area (Å²) in [5.41, 5.74) is 3.43. The number of amides is 3. The van der Waals surface area contributed by atoms with Gasteiger partial charge in [0.15, 0.2) is 0 Å². The zero-order valence-corrected chi connectivity index (χ0v) is 20.0. The number of rotatable bonds is 5. The maximum absolute atomic E-state index is 12.9. The van der Waals surface area contributed by atoms with Crippen molar-refractivity contribution in [1.29, 1.82) is 5.26 Å². The predicted molar refractivity (Wildman–Crippen MR) is 130 cm³/mol. The third kappa shape index (κ3) is 4.03. The minimum Gasteiger partial charge on any atom is -0.489 e. The van der Waals surface area contributed by atoms with Crippen LogP contribution >= 0.6 is 0 Å². The summed E-state index contributed by atoms with van der Waals surface area (Å²) >= 11 is 0. The van der Waals surface area contributed by atoms with Gasteiger partial charge in [-0.2, -0.15) is 5.26 Å². The Hall–Kier alpha value is -3.70. The molecule has 6 rings (SSSR count). The summed E-state index contributed by atoms with van der Waals surface area (Å²) in [6.45, 7) is 2.34. The first kappa shape index (κ1) is 22.7. The van der Waals surface area contributed by atoms with E-state index in [1.54, 1.807) is 11.0 Å². The molecule has 184 valence electrons. The molecule has 2 aromatic rings. The van der Waals surface area contributed by atoms with E-state index < -0.39 is 11.9 Å². The number of carbonyl (C=O) groups excluding carboxylic acids is 3. The van der Waals surface area contributed by atoms with Crippen LogP contribution in [0.3, 0.4) is 0 Å². The molecule has 36 heavy (non-hydrogen) atoms. The van der Waals surface area contributed by atoms with Gasteiger partial charge in [0, 0.05) is 43.6 Å². The number of nitriles is 1. The van der Waals surface area contributed by atoms with Crippen molar-refractivity contribution in [1.82, 2.24) is 15.1 Å². The second-order valence-corrected chi connectivity index (χ2v) is 10.3. The van der Waals surface area contributed by atoms with Gasteiger partial charge in [0.05, 0.1) is 11.6 Å². The molecule has 0 spiro atoms. The van der Waals surface area contributed by atoms with Crippen LogP contribution in [0.5, 0.6) is 5.75 Å². The monoisotopic (exact) mass is 484 g/mol. The Morgan fingerprint density at radius 2 is 1.81 bits per heavy atom. The van der Waals surface area contributed by atoms with Crippen molar-refractivity contribution in [3.05, 3.63) is 64.7 Å². The molecule has 8 nitrogen and oxygen atoms in total. The van der Waals surface area contributed by atoms with Crippen LogP contribution in [0, 0.1) is 11.3 Å². The lowest BCUT2D eigenvalue weighted by molar-refractivity contribution is -0.136. The molecule has 3 fully saturated rings. The summed E-state index contributed by atoms with van der Waals surface area (Å²) in [6.07, 6.45) is 3.94. The van der Waals surface area contributed by atoms with E-state index in [0.29, 0.717) is 36.1 Å². The Morgan fingerprint density at radius 3 is 2.56 bits per heavy atom. The van der Waals surface area contributed by atoms with Gasteiger partial charge < -0.3 is 9.64 Å². The molecule has 3 amide bonds. The summed E-state index contributed by atoms with van der Waals surface area (Å²) in [5, 5.41) is 11.4. The first-order valence-corrected chi connectivity index (χ1v) is 12.7. The van der Waals surface area contributed by atoms with Crippen LogP contribution < -0.4 is 10.1 Å². The van der Waals surface area contributed by atoms with E-state index in [1.807, 2.05) is 24.3 Å². The summed E-state index contributed by atoms with van der Waals surface area (Å²) in [4.78, 5) is 40.8. The molecule has 0 radical (unpaired) electrons. The molecule has 1 N–H and O–H groups in total. The van der Waals surface area contributed by atoms with Crippen molar-refractivity contribution in [2.45, 2.75) is 62.8 Å². The average Bonchev–Trinajstić information content (AvgIpc) is 3.43. The summed E-state index contributed by atoms with van der Waals surface area (Å²) in [6, 6.07) is 15.4. The maximum atomic E-state index is 12.9. The maximum Gasteiger partial charge on any atom is 0.255 e. The van der Waals surface area contributed by atoms with E-state index in [0.717, 1.165) is 43.7 Å². The summed E-state index contributed by atoms with van der Waals surface area (Å²) < 4.78 is 6.46. The second kappa shape index (κ2) is 9.07. The van der Waals surface area contributed by atoms with Crippen molar-refractivity contribution in [2.24, 2.45) is 0 Å². The van der Waals surface area contributed by atoms with Gasteiger partial charge in [-0.25, -0.2) is 0 Å². The number of ether oxygens (including phenoxy) is 1. The molecule has 4 aliphatic rings. The van der Waals surface area contributed by atoms with Crippen LogP contribution in [0.25, 0.3) is 0 Å². The smallest absolute Gasteiger partial charge is 0.255 e. The standard InChI is InChI=1S/C28H28N4O4/c29-13-17-4-6-18(7-5-17)20-14-31(15-20)23-2-1-3-25(23)36-21-8-9-22-19(12-21)16-32(28(22)35)24-10-11-26(33)30-27(24)34/h4-9,12,20,23-25H,1-3,10-11,14-16H2,(H,30,33,34). The number of piperidine rings is 1. The Kier molecular flexibility index (Phi) is 5.73. The molecule has 3 aliphatic heterocycles. The van der Waals surface area contributed by atoms with Gasteiger partial charge in [0.1, 0.15) is 17.9 Å². The number of nitrogens with one attached hydrogen (secondary N) is 1. The normalized spacial score (nSPS) is 26.4. The van der Waals surface area contributed by atoms with E-state index in [1.165, 1.54) is 5.56 Å². The van der Waals surface area contributed by atoms with Gasteiger partial charge in [-0.15, -0.1) is 0 Å². The third-order valence-corrected chi connectivity index (χ3v) is 8.09. The highest BCUT2D eigenvalue weighted by atomic mass is 16.5. The van der Waals surface area contributed by atoms with Crippen molar-refractivity contribution >= 4 is 17.7 Å².